The van der Waals surface area contributed by atoms with E-state index in [1.807, 2.05) is 13.0 Å². The van der Waals surface area contributed by atoms with Crippen molar-refractivity contribution in [2.45, 2.75) is 25.8 Å². The molecule has 1 atom stereocenters. The number of piperazine rings is 1. The summed E-state index contributed by atoms with van der Waals surface area (Å²) in [5.41, 5.74) is 1.58. The summed E-state index contributed by atoms with van der Waals surface area (Å²) in [5.74, 6) is -0.201. The molecule has 0 aliphatic carbocycles. The Balaban J connectivity index is 0.00000220. The van der Waals surface area contributed by atoms with Gasteiger partial charge in [-0.25, -0.2) is 4.39 Å². The zero-order valence-electron chi connectivity index (χ0n) is 12.8. The standard InChI is InChI=1S/C16H22ClFN2.2ClH/c1-3-4-5-14(20-10-8-19-9-11-20)15-13(18)7-6-12(2)16(15)17;;/h3,6-7,14,19H,1,4-5,8-11H2,2H3;2*1H/t14-;;/m0../s1. The van der Waals surface area contributed by atoms with Crippen LogP contribution in [-0.4, -0.2) is 31.1 Å². The minimum absolute atomic E-state index is 0. The van der Waals surface area contributed by atoms with Gasteiger partial charge < -0.3 is 5.32 Å². The number of aryl methyl sites for hydroxylation is 1. The molecule has 2 rings (SSSR count). The second kappa shape index (κ2) is 10.5. The van der Waals surface area contributed by atoms with Gasteiger partial charge in [0, 0.05) is 37.8 Å². The first-order chi connectivity index (χ1) is 9.65. The van der Waals surface area contributed by atoms with E-state index < -0.39 is 0 Å². The van der Waals surface area contributed by atoms with Crippen LogP contribution in [0, 0.1) is 12.7 Å². The second-order valence-corrected chi connectivity index (χ2v) is 5.64. The zero-order valence-corrected chi connectivity index (χ0v) is 15.2. The summed E-state index contributed by atoms with van der Waals surface area (Å²) in [6.07, 6.45) is 3.60. The van der Waals surface area contributed by atoms with Crippen LogP contribution in [0.4, 0.5) is 4.39 Å². The number of allylic oxidation sites excluding steroid dienone is 1. The van der Waals surface area contributed by atoms with Gasteiger partial charge in [-0.15, -0.1) is 31.4 Å². The van der Waals surface area contributed by atoms with Crippen molar-refractivity contribution < 1.29 is 4.39 Å². The van der Waals surface area contributed by atoms with Crippen LogP contribution in [0.3, 0.4) is 0 Å². The summed E-state index contributed by atoms with van der Waals surface area (Å²) in [6.45, 7) is 9.42. The second-order valence-electron chi connectivity index (χ2n) is 5.26. The largest absolute Gasteiger partial charge is 0.314 e. The van der Waals surface area contributed by atoms with Gasteiger partial charge in [-0.1, -0.05) is 23.7 Å². The molecule has 0 amide bonds. The maximum absolute atomic E-state index is 14.3. The number of hydrogen-bond donors (Lipinski definition) is 1. The summed E-state index contributed by atoms with van der Waals surface area (Å²) in [6, 6.07) is 3.30. The molecule has 0 unspecified atom stereocenters. The topological polar surface area (TPSA) is 15.3 Å². The maximum Gasteiger partial charge on any atom is 0.129 e. The third kappa shape index (κ3) is 5.10. The lowest BCUT2D eigenvalue weighted by atomic mass is 9.97. The quantitative estimate of drug-likeness (QED) is 0.766. The molecule has 0 bridgehead atoms. The van der Waals surface area contributed by atoms with E-state index in [0.29, 0.717) is 10.6 Å². The highest BCUT2D eigenvalue weighted by molar-refractivity contribution is 6.32. The molecule has 6 heteroatoms. The summed E-state index contributed by atoms with van der Waals surface area (Å²) in [4.78, 5) is 2.32. The summed E-state index contributed by atoms with van der Waals surface area (Å²) in [7, 11) is 0. The Morgan fingerprint density at radius 2 is 2.00 bits per heavy atom. The minimum atomic E-state index is -0.201. The van der Waals surface area contributed by atoms with Crippen molar-refractivity contribution in [1.29, 1.82) is 0 Å². The first-order valence-corrected chi connectivity index (χ1v) is 7.53. The van der Waals surface area contributed by atoms with Gasteiger partial charge in [-0.2, -0.15) is 0 Å². The molecule has 1 aliphatic heterocycles. The lowest BCUT2D eigenvalue weighted by Crippen LogP contribution is -2.45. The third-order valence-electron chi connectivity index (χ3n) is 3.89. The first-order valence-electron chi connectivity index (χ1n) is 7.15. The van der Waals surface area contributed by atoms with E-state index in [1.54, 1.807) is 6.07 Å². The molecule has 1 aromatic carbocycles. The number of benzene rings is 1. The first kappa shape index (κ1) is 21.7. The third-order valence-corrected chi connectivity index (χ3v) is 4.39. The predicted octanol–water partition coefficient (Wildman–Crippen LogP) is 4.54. The molecule has 0 saturated carbocycles. The fraction of sp³-hybridized carbons (Fsp3) is 0.500. The average molecular weight is 370 g/mol. The van der Waals surface area contributed by atoms with Crippen molar-refractivity contribution >= 4 is 36.4 Å². The fourth-order valence-electron chi connectivity index (χ4n) is 2.76. The molecule has 0 radical (unpaired) electrons. The molecule has 1 N–H and O–H groups in total. The van der Waals surface area contributed by atoms with E-state index >= 15 is 0 Å². The maximum atomic E-state index is 14.3. The Morgan fingerprint density at radius 3 is 2.59 bits per heavy atom. The van der Waals surface area contributed by atoms with Gasteiger partial charge in [-0.05, 0) is 31.4 Å². The Labute approximate surface area is 149 Å². The van der Waals surface area contributed by atoms with Gasteiger partial charge in [0.2, 0.25) is 0 Å². The minimum Gasteiger partial charge on any atom is -0.314 e. The van der Waals surface area contributed by atoms with Gasteiger partial charge in [-0.3, -0.25) is 4.90 Å². The molecular formula is C16H24Cl3FN2. The molecular weight excluding hydrogens is 346 g/mol. The fourth-order valence-corrected chi connectivity index (χ4v) is 3.04. The monoisotopic (exact) mass is 368 g/mol. The Morgan fingerprint density at radius 1 is 1.36 bits per heavy atom. The number of nitrogens with one attached hydrogen (secondary N) is 1. The predicted molar refractivity (Wildman–Crippen MR) is 97.3 cm³/mol. The Bertz CT molecular complexity index is 477. The van der Waals surface area contributed by atoms with Crippen LogP contribution >= 0.6 is 36.4 Å². The number of nitrogens with zero attached hydrogens (tertiary/aromatic N) is 1. The van der Waals surface area contributed by atoms with Crippen LogP contribution < -0.4 is 5.32 Å². The molecule has 126 valence electrons. The highest BCUT2D eigenvalue weighted by Crippen LogP contribution is 2.35. The smallest absolute Gasteiger partial charge is 0.129 e. The van der Waals surface area contributed by atoms with Gasteiger partial charge in [0.05, 0.1) is 5.02 Å². The number of halogens is 4. The molecule has 1 heterocycles. The van der Waals surface area contributed by atoms with Crippen molar-refractivity contribution in [1.82, 2.24) is 10.2 Å². The van der Waals surface area contributed by atoms with Crippen LogP contribution in [-0.2, 0) is 0 Å². The van der Waals surface area contributed by atoms with Gasteiger partial charge in [0.1, 0.15) is 5.82 Å². The van der Waals surface area contributed by atoms with E-state index in [9.17, 15) is 4.39 Å². The molecule has 1 fully saturated rings. The average Bonchev–Trinajstić information content (AvgIpc) is 2.47. The van der Waals surface area contributed by atoms with E-state index in [-0.39, 0.29) is 36.7 Å². The van der Waals surface area contributed by atoms with Crippen LogP contribution in [0.25, 0.3) is 0 Å². The normalized spacial score (nSPS) is 16.3. The van der Waals surface area contributed by atoms with Gasteiger partial charge in [0.25, 0.3) is 0 Å². The molecule has 1 saturated heterocycles. The Hall–Kier alpha value is -0.320. The lowest BCUT2D eigenvalue weighted by molar-refractivity contribution is 0.163. The number of hydrogen-bond acceptors (Lipinski definition) is 2. The van der Waals surface area contributed by atoms with Crippen molar-refractivity contribution in [3.8, 4) is 0 Å². The number of rotatable bonds is 5. The summed E-state index contributed by atoms with van der Waals surface area (Å²) in [5, 5.41) is 3.90. The van der Waals surface area contributed by atoms with Crippen molar-refractivity contribution in [2.75, 3.05) is 26.2 Å². The highest BCUT2D eigenvalue weighted by Gasteiger charge is 2.26. The van der Waals surface area contributed by atoms with Crippen LogP contribution in [0.15, 0.2) is 24.8 Å². The zero-order chi connectivity index (χ0) is 14.5. The Kier molecular flexibility index (Phi) is 10.3. The van der Waals surface area contributed by atoms with Crippen molar-refractivity contribution in [3.63, 3.8) is 0 Å². The van der Waals surface area contributed by atoms with E-state index in [1.165, 1.54) is 6.07 Å². The summed E-state index contributed by atoms with van der Waals surface area (Å²) < 4.78 is 14.3. The van der Waals surface area contributed by atoms with Crippen LogP contribution in [0.2, 0.25) is 5.02 Å². The highest BCUT2D eigenvalue weighted by atomic mass is 35.5. The van der Waals surface area contributed by atoms with Crippen molar-refractivity contribution in [3.05, 3.63) is 46.8 Å². The lowest BCUT2D eigenvalue weighted by Gasteiger charge is -2.36. The van der Waals surface area contributed by atoms with E-state index in [0.717, 1.165) is 44.6 Å². The van der Waals surface area contributed by atoms with Gasteiger partial charge in [0.15, 0.2) is 0 Å². The van der Waals surface area contributed by atoms with Crippen LogP contribution in [0.1, 0.15) is 30.0 Å². The SMILES string of the molecule is C=CCC[C@@H](c1c(F)ccc(C)c1Cl)N1CCNCC1.Cl.Cl. The van der Waals surface area contributed by atoms with Gasteiger partial charge >= 0.3 is 0 Å². The molecule has 22 heavy (non-hydrogen) atoms. The molecule has 1 aromatic rings. The van der Waals surface area contributed by atoms with Crippen LogP contribution in [0.5, 0.6) is 0 Å². The molecule has 0 aromatic heterocycles. The van der Waals surface area contributed by atoms with E-state index in [2.05, 4.69) is 16.8 Å². The summed E-state index contributed by atoms with van der Waals surface area (Å²) >= 11 is 6.38. The van der Waals surface area contributed by atoms with E-state index in [4.69, 9.17) is 11.6 Å². The molecule has 1 aliphatic rings. The molecule has 0 spiro atoms. The molecule has 2 nitrogen and oxygen atoms in total. The van der Waals surface area contributed by atoms with Crippen molar-refractivity contribution in [2.24, 2.45) is 0 Å².